The molecule has 0 bridgehead atoms. The fraction of sp³-hybridized carbons (Fsp3) is 0.294. The van der Waals surface area contributed by atoms with Crippen LogP contribution in [0.1, 0.15) is 32.4 Å². The highest BCUT2D eigenvalue weighted by Crippen LogP contribution is 2.31. The summed E-state index contributed by atoms with van der Waals surface area (Å²) in [4.78, 5) is 0. The van der Waals surface area contributed by atoms with Gasteiger partial charge in [-0.1, -0.05) is 30.3 Å². The molecule has 1 unspecified atom stereocenters. The van der Waals surface area contributed by atoms with Crippen LogP contribution in [0.3, 0.4) is 0 Å². The summed E-state index contributed by atoms with van der Waals surface area (Å²) in [6.07, 6.45) is 0.124. The number of aromatic hydroxyl groups is 1. The Kier molecular flexibility index (Phi) is 4.51. The average molecular weight is 271 g/mol. The van der Waals surface area contributed by atoms with Gasteiger partial charge in [0, 0.05) is 5.56 Å². The van der Waals surface area contributed by atoms with Crippen molar-refractivity contribution in [3.05, 3.63) is 54.1 Å². The summed E-state index contributed by atoms with van der Waals surface area (Å²) in [5.41, 5.74) is 1.80. The van der Waals surface area contributed by atoms with Crippen LogP contribution in [0.4, 0.5) is 5.69 Å². The lowest BCUT2D eigenvalue weighted by Crippen LogP contribution is -2.11. The van der Waals surface area contributed by atoms with E-state index in [9.17, 15) is 5.11 Å². The molecule has 2 aromatic rings. The summed E-state index contributed by atoms with van der Waals surface area (Å²) < 4.78 is 5.79. The third-order valence-electron chi connectivity index (χ3n) is 3.02. The van der Waals surface area contributed by atoms with Crippen LogP contribution in [0.2, 0.25) is 0 Å². The summed E-state index contributed by atoms with van der Waals surface area (Å²) in [7, 11) is 0. The van der Waals surface area contributed by atoms with E-state index in [1.165, 1.54) is 0 Å². The number of para-hydroxylation sites is 3. The fourth-order valence-electron chi connectivity index (χ4n) is 2.11. The molecule has 2 N–H and O–H groups in total. The molecule has 0 heterocycles. The molecule has 0 saturated heterocycles. The fourth-order valence-corrected chi connectivity index (χ4v) is 2.11. The lowest BCUT2D eigenvalue weighted by Gasteiger charge is -2.20. The van der Waals surface area contributed by atoms with Crippen molar-refractivity contribution in [3.8, 4) is 11.5 Å². The summed E-state index contributed by atoms with van der Waals surface area (Å²) in [6, 6.07) is 15.2. The van der Waals surface area contributed by atoms with Crippen molar-refractivity contribution in [2.75, 3.05) is 5.32 Å². The molecule has 0 saturated carbocycles. The minimum absolute atomic E-state index is 0.00638. The minimum Gasteiger partial charge on any atom is -0.508 e. The van der Waals surface area contributed by atoms with Crippen LogP contribution in [0.25, 0.3) is 0 Å². The van der Waals surface area contributed by atoms with E-state index in [2.05, 4.69) is 5.32 Å². The normalized spacial score (nSPS) is 12.2. The standard InChI is InChI=1S/C17H21NO2/c1-12(2)20-17-11-7-5-9-15(17)18-13(3)14-8-4-6-10-16(14)19/h4-13,18-19H,1-3H3. The Bertz CT molecular complexity index is 566. The number of ether oxygens (including phenoxy) is 1. The molecule has 3 heteroatoms. The lowest BCUT2D eigenvalue weighted by molar-refractivity contribution is 0.243. The molecule has 20 heavy (non-hydrogen) atoms. The van der Waals surface area contributed by atoms with Gasteiger partial charge < -0.3 is 15.2 Å². The number of hydrogen-bond donors (Lipinski definition) is 2. The van der Waals surface area contributed by atoms with Crippen LogP contribution in [0.15, 0.2) is 48.5 Å². The average Bonchev–Trinajstić information content (AvgIpc) is 2.41. The third kappa shape index (κ3) is 3.44. The number of hydrogen-bond acceptors (Lipinski definition) is 3. The smallest absolute Gasteiger partial charge is 0.142 e. The molecule has 0 amide bonds. The number of benzene rings is 2. The number of nitrogens with one attached hydrogen (secondary N) is 1. The topological polar surface area (TPSA) is 41.5 Å². The van der Waals surface area contributed by atoms with Crippen molar-refractivity contribution in [3.63, 3.8) is 0 Å². The van der Waals surface area contributed by atoms with Gasteiger partial charge in [0.2, 0.25) is 0 Å². The van der Waals surface area contributed by atoms with Gasteiger partial charge in [-0.2, -0.15) is 0 Å². The van der Waals surface area contributed by atoms with Gasteiger partial charge >= 0.3 is 0 Å². The monoisotopic (exact) mass is 271 g/mol. The van der Waals surface area contributed by atoms with Crippen molar-refractivity contribution in [2.45, 2.75) is 32.9 Å². The number of rotatable bonds is 5. The SMILES string of the molecule is CC(C)Oc1ccccc1NC(C)c1ccccc1O. The quantitative estimate of drug-likeness (QED) is 0.849. The first-order chi connectivity index (χ1) is 9.58. The van der Waals surface area contributed by atoms with Crippen LogP contribution in [-0.2, 0) is 0 Å². The molecule has 106 valence electrons. The molecule has 0 aliphatic heterocycles. The second-order valence-electron chi connectivity index (χ2n) is 5.09. The maximum absolute atomic E-state index is 9.90. The highest BCUT2D eigenvalue weighted by Gasteiger charge is 2.12. The highest BCUT2D eigenvalue weighted by molar-refractivity contribution is 5.58. The Labute approximate surface area is 120 Å². The van der Waals surface area contributed by atoms with Crippen molar-refractivity contribution in [2.24, 2.45) is 0 Å². The van der Waals surface area contributed by atoms with Crippen LogP contribution in [-0.4, -0.2) is 11.2 Å². The maximum atomic E-state index is 9.90. The Morgan fingerprint density at radius 1 is 0.950 bits per heavy atom. The second-order valence-corrected chi connectivity index (χ2v) is 5.09. The molecule has 0 radical (unpaired) electrons. The van der Waals surface area contributed by atoms with Gasteiger partial charge in [-0.3, -0.25) is 0 Å². The van der Waals surface area contributed by atoms with Gasteiger partial charge in [-0.25, -0.2) is 0 Å². The first-order valence-electron chi connectivity index (χ1n) is 6.88. The number of anilines is 1. The summed E-state index contributed by atoms with van der Waals surface area (Å²) >= 11 is 0. The van der Waals surface area contributed by atoms with Gasteiger partial charge in [0.05, 0.1) is 17.8 Å². The van der Waals surface area contributed by atoms with Crippen molar-refractivity contribution >= 4 is 5.69 Å². The molecule has 3 nitrogen and oxygen atoms in total. The molecule has 0 aliphatic carbocycles. The van der Waals surface area contributed by atoms with Crippen LogP contribution in [0.5, 0.6) is 11.5 Å². The predicted octanol–water partition coefficient (Wildman–Crippen LogP) is 4.35. The van der Waals surface area contributed by atoms with Gasteiger partial charge in [-0.15, -0.1) is 0 Å². The lowest BCUT2D eigenvalue weighted by atomic mass is 10.1. The molecular formula is C17H21NO2. The zero-order chi connectivity index (χ0) is 14.5. The Hall–Kier alpha value is -2.16. The van der Waals surface area contributed by atoms with E-state index in [0.717, 1.165) is 17.0 Å². The molecule has 0 fully saturated rings. The number of phenolic OH excluding ortho intramolecular Hbond substituents is 1. The summed E-state index contributed by atoms with van der Waals surface area (Å²) in [5, 5.41) is 13.3. The van der Waals surface area contributed by atoms with E-state index in [-0.39, 0.29) is 12.1 Å². The van der Waals surface area contributed by atoms with Crippen LogP contribution >= 0.6 is 0 Å². The Morgan fingerprint density at radius 3 is 2.30 bits per heavy atom. The van der Waals surface area contributed by atoms with Gasteiger partial charge in [0.15, 0.2) is 0 Å². The van der Waals surface area contributed by atoms with Crippen molar-refractivity contribution in [1.29, 1.82) is 0 Å². The molecule has 0 aliphatic rings. The zero-order valence-electron chi connectivity index (χ0n) is 12.1. The predicted molar refractivity (Wildman–Crippen MR) is 82.4 cm³/mol. The molecule has 0 spiro atoms. The summed E-state index contributed by atoms with van der Waals surface area (Å²) in [6.45, 7) is 6.02. The molecule has 0 aromatic heterocycles. The first-order valence-corrected chi connectivity index (χ1v) is 6.88. The van der Waals surface area contributed by atoms with Crippen LogP contribution < -0.4 is 10.1 Å². The highest BCUT2D eigenvalue weighted by atomic mass is 16.5. The van der Waals surface area contributed by atoms with E-state index >= 15 is 0 Å². The largest absolute Gasteiger partial charge is 0.508 e. The Morgan fingerprint density at radius 2 is 1.60 bits per heavy atom. The van der Waals surface area contributed by atoms with E-state index in [0.29, 0.717) is 5.75 Å². The van der Waals surface area contributed by atoms with Crippen molar-refractivity contribution < 1.29 is 9.84 Å². The number of phenols is 1. The van der Waals surface area contributed by atoms with Gasteiger partial charge in [-0.05, 0) is 39.0 Å². The van der Waals surface area contributed by atoms with E-state index in [1.54, 1.807) is 6.07 Å². The van der Waals surface area contributed by atoms with Crippen molar-refractivity contribution in [1.82, 2.24) is 0 Å². The molecular weight excluding hydrogens is 250 g/mol. The van der Waals surface area contributed by atoms with Gasteiger partial charge in [0.25, 0.3) is 0 Å². The third-order valence-corrected chi connectivity index (χ3v) is 3.02. The molecule has 2 aromatic carbocycles. The second kappa shape index (κ2) is 6.33. The maximum Gasteiger partial charge on any atom is 0.142 e. The van der Waals surface area contributed by atoms with E-state index < -0.39 is 0 Å². The molecule has 1 atom stereocenters. The first kappa shape index (κ1) is 14.3. The summed E-state index contributed by atoms with van der Waals surface area (Å²) in [5.74, 6) is 1.12. The van der Waals surface area contributed by atoms with E-state index in [4.69, 9.17) is 4.74 Å². The molecule has 2 rings (SSSR count). The van der Waals surface area contributed by atoms with Crippen LogP contribution in [0, 0.1) is 0 Å². The van der Waals surface area contributed by atoms with Gasteiger partial charge in [0.1, 0.15) is 11.5 Å². The zero-order valence-corrected chi connectivity index (χ0v) is 12.1. The van der Waals surface area contributed by atoms with E-state index in [1.807, 2.05) is 63.2 Å². The Balaban J connectivity index is 2.20. The minimum atomic E-state index is -0.00638.